The molecule has 0 aromatic heterocycles. The number of ether oxygens (including phenoxy) is 1. The molecular weight excluding hydrogens is 402 g/mol. The van der Waals surface area contributed by atoms with Gasteiger partial charge in [0.15, 0.2) is 0 Å². The first-order chi connectivity index (χ1) is 15.4. The molecule has 1 heterocycles. The number of carbonyl (C=O) groups is 2. The summed E-state index contributed by atoms with van der Waals surface area (Å²) >= 11 is 0. The van der Waals surface area contributed by atoms with Gasteiger partial charge < -0.3 is 9.84 Å². The summed E-state index contributed by atoms with van der Waals surface area (Å²) in [6.45, 7) is 4.94. The molecule has 0 unspecified atom stereocenters. The third-order valence-corrected chi connectivity index (χ3v) is 6.78. The third kappa shape index (κ3) is 3.25. The van der Waals surface area contributed by atoms with E-state index in [1.54, 1.807) is 23.1 Å². The number of hydrogen-bond donors (Lipinski definition) is 1. The molecule has 5 nitrogen and oxygen atoms in total. The lowest BCUT2D eigenvalue weighted by Crippen LogP contribution is -2.41. The van der Waals surface area contributed by atoms with Crippen LogP contribution < -0.4 is 4.90 Å². The average Bonchev–Trinajstić information content (AvgIpc) is 3.11. The maximum absolute atomic E-state index is 13.2. The van der Waals surface area contributed by atoms with Crippen LogP contribution in [0.2, 0.25) is 0 Å². The normalized spacial score (nSPS) is 16.1. The standard InChI is InChI=1S/C27H25NO4/c1-27(2)13-14-28(24-12-11-17(25(29)30)15-23(24)27)26(31)32-16-22-20-9-5-3-7-18(20)19-8-4-6-10-21(19)22/h3-12,15,22H,13-14,16H2,1-2H3,(H,29,30). The topological polar surface area (TPSA) is 66.8 Å². The first kappa shape index (κ1) is 20.3. The van der Waals surface area contributed by atoms with Crippen molar-refractivity contribution in [3.8, 4) is 11.1 Å². The maximum Gasteiger partial charge on any atom is 0.414 e. The van der Waals surface area contributed by atoms with Gasteiger partial charge in [-0.1, -0.05) is 62.4 Å². The Hall–Kier alpha value is -3.60. The zero-order valence-corrected chi connectivity index (χ0v) is 18.2. The quantitative estimate of drug-likeness (QED) is 0.572. The fraction of sp³-hybridized carbons (Fsp3) is 0.259. The molecule has 2 aliphatic rings. The smallest absolute Gasteiger partial charge is 0.414 e. The van der Waals surface area contributed by atoms with Crippen molar-refractivity contribution >= 4 is 17.7 Å². The molecule has 5 rings (SSSR count). The van der Waals surface area contributed by atoms with Crippen molar-refractivity contribution in [3.63, 3.8) is 0 Å². The Morgan fingerprint density at radius 2 is 1.62 bits per heavy atom. The SMILES string of the molecule is CC1(C)CCN(C(=O)OCC2c3ccccc3-c3ccccc32)c2ccc(C(=O)O)cc21. The predicted octanol–water partition coefficient (Wildman–Crippen LogP) is 5.82. The van der Waals surface area contributed by atoms with E-state index in [0.717, 1.165) is 17.7 Å². The van der Waals surface area contributed by atoms with Gasteiger partial charge >= 0.3 is 12.1 Å². The lowest BCUT2D eigenvalue weighted by Gasteiger charge is -2.38. The average molecular weight is 428 g/mol. The van der Waals surface area contributed by atoms with Gasteiger partial charge in [0, 0.05) is 12.5 Å². The van der Waals surface area contributed by atoms with E-state index in [4.69, 9.17) is 4.74 Å². The number of anilines is 1. The van der Waals surface area contributed by atoms with E-state index < -0.39 is 12.1 Å². The zero-order chi connectivity index (χ0) is 22.5. The van der Waals surface area contributed by atoms with Gasteiger partial charge in [-0.05, 0) is 57.9 Å². The lowest BCUT2D eigenvalue weighted by molar-refractivity contribution is 0.0696. The summed E-state index contributed by atoms with van der Waals surface area (Å²) in [6.07, 6.45) is 0.333. The summed E-state index contributed by atoms with van der Waals surface area (Å²) in [5.74, 6) is -0.969. The summed E-state index contributed by atoms with van der Waals surface area (Å²) < 4.78 is 5.85. The number of rotatable bonds is 3. The summed E-state index contributed by atoms with van der Waals surface area (Å²) in [5, 5.41) is 9.39. The van der Waals surface area contributed by atoms with Crippen molar-refractivity contribution in [3.05, 3.63) is 89.0 Å². The van der Waals surface area contributed by atoms with Crippen molar-refractivity contribution in [1.82, 2.24) is 0 Å². The highest BCUT2D eigenvalue weighted by molar-refractivity contribution is 5.93. The van der Waals surface area contributed by atoms with E-state index in [0.29, 0.717) is 6.54 Å². The van der Waals surface area contributed by atoms with Crippen molar-refractivity contribution in [2.75, 3.05) is 18.1 Å². The fourth-order valence-corrected chi connectivity index (χ4v) is 4.95. The second-order valence-electron chi connectivity index (χ2n) is 9.13. The van der Waals surface area contributed by atoms with Gasteiger partial charge in [-0.2, -0.15) is 0 Å². The minimum absolute atomic E-state index is 0.00133. The Morgan fingerprint density at radius 3 is 2.25 bits per heavy atom. The third-order valence-electron chi connectivity index (χ3n) is 6.78. The molecule has 0 fully saturated rings. The Bertz CT molecular complexity index is 1180. The number of carboxylic acid groups (broad SMARTS) is 1. The molecule has 5 heteroatoms. The lowest BCUT2D eigenvalue weighted by atomic mass is 9.77. The first-order valence-corrected chi connectivity index (χ1v) is 10.9. The summed E-state index contributed by atoms with van der Waals surface area (Å²) in [6, 6.07) is 21.5. The molecule has 3 aromatic rings. The molecule has 32 heavy (non-hydrogen) atoms. The highest BCUT2D eigenvalue weighted by atomic mass is 16.6. The molecule has 3 aromatic carbocycles. The van der Waals surface area contributed by atoms with Crippen molar-refractivity contribution in [2.24, 2.45) is 0 Å². The van der Waals surface area contributed by atoms with Gasteiger partial charge in [0.05, 0.1) is 11.3 Å². The van der Waals surface area contributed by atoms with E-state index in [-0.39, 0.29) is 23.5 Å². The van der Waals surface area contributed by atoms with Crippen LogP contribution in [0, 0.1) is 0 Å². The van der Waals surface area contributed by atoms with Crippen LogP contribution in [-0.4, -0.2) is 30.3 Å². The molecule has 0 saturated carbocycles. The monoisotopic (exact) mass is 427 g/mol. The minimum atomic E-state index is -0.970. The largest absolute Gasteiger partial charge is 0.478 e. The molecule has 1 aliphatic carbocycles. The van der Waals surface area contributed by atoms with Crippen molar-refractivity contribution in [1.29, 1.82) is 0 Å². The number of carboxylic acids is 1. The van der Waals surface area contributed by atoms with E-state index in [9.17, 15) is 14.7 Å². The first-order valence-electron chi connectivity index (χ1n) is 10.9. The summed E-state index contributed by atoms with van der Waals surface area (Å²) in [7, 11) is 0. The minimum Gasteiger partial charge on any atom is -0.478 e. The molecule has 0 spiro atoms. The number of hydrogen-bond acceptors (Lipinski definition) is 3. The van der Waals surface area contributed by atoms with E-state index in [1.807, 2.05) is 24.3 Å². The van der Waals surface area contributed by atoms with Crippen LogP contribution in [0.5, 0.6) is 0 Å². The predicted molar refractivity (Wildman–Crippen MR) is 123 cm³/mol. The highest BCUT2D eigenvalue weighted by Crippen LogP contribution is 2.45. The Kier molecular flexibility index (Phi) is 4.77. The Balaban J connectivity index is 1.41. The van der Waals surface area contributed by atoms with E-state index in [1.165, 1.54) is 22.3 Å². The van der Waals surface area contributed by atoms with E-state index in [2.05, 4.69) is 38.1 Å². The van der Waals surface area contributed by atoms with Crippen LogP contribution in [0.15, 0.2) is 66.7 Å². The number of benzene rings is 3. The van der Waals surface area contributed by atoms with Gasteiger partial charge in [-0.3, -0.25) is 4.90 Å². The van der Waals surface area contributed by atoms with Gasteiger partial charge in [0.1, 0.15) is 6.61 Å². The summed E-state index contributed by atoms with van der Waals surface area (Å²) in [4.78, 5) is 26.3. The second-order valence-corrected chi connectivity index (χ2v) is 9.13. The van der Waals surface area contributed by atoms with Crippen molar-refractivity contribution in [2.45, 2.75) is 31.6 Å². The van der Waals surface area contributed by atoms with Crippen LogP contribution in [-0.2, 0) is 10.2 Å². The molecule has 0 atom stereocenters. The van der Waals surface area contributed by atoms with Crippen LogP contribution in [0.4, 0.5) is 10.5 Å². The van der Waals surface area contributed by atoms with Gasteiger partial charge in [0.25, 0.3) is 0 Å². The molecule has 162 valence electrons. The molecule has 0 radical (unpaired) electrons. The molecule has 0 saturated heterocycles. The van der Waals surface area contributed by atoms with E-state index >= 15 is 0 Å². The second kappa shape index (κ2) is 7.52. The number of amides is 1. The number of carbonyl (C=O) groups excluding carboxylic acids is 1. The maximum atomic E-state index is 13.2. The summed E-state index contributed by atoms with van der Waals surface area (Å²) in [5.41, 5.74) is 6.32. The van der Waals surface area contributed by atoms with Crippen LogP contribution in [0.3, 0.4) is 0 Å². The molecule has 1 amide bonds. The van der Waals surface area contributed by atoms with Gasteiger partial charge in [-0.15, -0.1) is 0 Å². The molecule has 1 aliphatic heterocycles. The molecule has 1 N–H and O–H groups in total. The zero-order valence-electron chi connectivity index (χ0n) is 18.2. The molecular formula is C27H25NO4. The fourth-order valence-electron chi connectivity index (χ4n) is 4.95. The van der Waals surface area contributed by atoms with Gasteiger partial charge in [0.2, 0.25) is 0 Å². The van der Waals surface area contributed by atoms with Crippen LogP contribution in [0.1, 0.15) is 53.2 Å². The number of aromatic carboxylic acids is 1. The number of nitrogens with zero attached hydrogens (tertiary/aromatic N) is 1. The number of fused-ring (bicyclic) bond motifs is 4. The van der Waals surface area contributed by atoms with Gasteiger partial charge in [-0.25, -0.2) is 9.59 Å². The molecule has 0 bridgehead atoms. The Morgan fingerprint density at radius 1 is 1.00 bits per heavy atom. The van der Waals surface area contributed by atoms with Crippen LogP contribution in [0.25, 0.3) is 11.1 Å². The Labute approximate surface area is 187 Å². The van der Waals surface area contributed by atoms with Crippen molar-refractivity contribution < 1.29 is 19.4 Å². The van der Waals surface area contributed by atoms with Crippen LogP contribution >= 0.6 is 0 Å². The highest BCUT2D eigenvalue weighted by Gasteiger charge is 2.36.